The Bertz CT molecular complexity index is 1020. The van der Waals surface area contributed by atoms with Crippen LogP contribution in [-0.2, 0) is 6.54 Å². The largest absolute Gasteiger partial charge is 0.388 e. The van der Waals surface area contributed by atoms with Crippen molar-refractivity contribution in [2.75, 3.05) is 0 Å². The van der Waals surface area contributed by atoms with Gasteiger partial charge in [0.1, 0.15) is 11.3 Å². The Morgan fingerprint density at radius 2 is 2.04 bits per heavy atom. The number of hydrogen-bond donors (Lipinski definition) is 1. The summed E-state index contributed by atoms with van der Waals surface area (Å²) in [6.07, 6.45) is 8.64. The zero-order valence-electron chi connectivity index (χ0n) is 16.1. The second-order valence-corrected chi connectivity index (χ2v) is 8.31. The summed E-state index contributed by atoms with van der Waals surface area (Å²) < 4.78 is 7.27. The fourth-order valence-electron chi connectivity index (χ4n) is 5.18. The van der Waals surface area contributed by atoms with E-state index in [1.54, 1.807) is 20.0 Å². The Kier molecular flexibility index (Phi) is 3.84. The summed E-state index contributed by atoms with van der Waals surface area (Å²) in [4.78, 5) is 19.4. The normalized spacial score (nSPS) is 26.9. The molecule has 2 fully saturated rings. The molecule has 0 saturated carbocycles. The van der Waals surface area contributed by atoms with Gasteiger partial charge >= 0.3 is 0 Å². The van der Waals surface area contributed by atoms with Crippen molar-refractivity contribution < 1.29 is 14.4 Å². The van der Waals surface area contributed by atoms with Crippen LogP contribution in [0.15, 0.2) is 35.2 Å². The maximum atomic E-state index is 13.2. The summed E-state index contributed by atoms with van der Waals surface area (Å²) in [6, 6.07) is 4.12. The van der Waals surface area contributed by atoms with E-state index in [4.69, 9.17) is 4.52 Å². The molecule has 2 saturated heterocycles. The molecule has 28 heavy (non-hydrogen) atoms. The molecule has 1 N–H and O–H groups in total. The minimum Gasteiger partial charge on any atom is -0.388 e. The molecule has 0 aliphatic carbocycles. The van der Waals surface area contributed by atoms with E-state index >= 15 is 0 Å². The van der Waals surface area contributed by atoms with Crippen LogP contribution in [0, 0.1) is 13.8 Å². The predicted molar refractivity (Wildman–Crippen MR) is 103 cm³/mol. The van der Waals surface area contributed by atoms with Gasteiger partial charge in [0.05, 0.1) is 29.6 Å². The lowest BCUT2D eigenvalue weighted by atomic mass is 9.85. The Morgan fingerprint density at radius 3 is 2.71 bits per heavy atom. The smallest absolute Gasteiger partial charge is 0.259 e. The number of piperidine rings is 1. The molecule has 0 spiro atoms. The SMILES string of the molecule is Cc1noc(C)c1C(=O)N1[C@H]2CC[C@H]1CC(O)(Cn1ccc3ccncc31)C2. The molecule has 3 aromatic heterocycles. The van der Waals surface area contributed by atoms with E-state index in [-0.39, 0.29) is 18.0 Å². The molecule has 7 nitrogen and oxygen atoms in total. The highest BCUT2D eigenvalue weighted by Gasteiger charge is 2.50. The highest BCUT2D eigenvalue weighted by atomic mass is 16.5. The van der Waals surface area contributed by atoms with Crippen LogP contribution in [0.1, 0.15) is 47.5 Å². The number of aliphatic hydroxyl groups is 1. The lowest BCUT2D eigenvalue weighted by Gasteiger charge is -2.44. The average Bonchev–Trinajstić information content (AvgIpc) is 3.30. The summed E-state index contributed by atoms with van der Waals surface area (Å²) in [5.74, 6) is 0.551. The van der Waals surface area contributed by atoms with Crippen molar-refractivity contribution >= 4 is 16.8 Å². The quantitative estimate of drug-likeness (QED) is 0.755. The molecule has 1 amide bonds. The molecule has 3 aromatic rings. The number of carbonyl (C=O) groups is 1. The first-order valence-corrected chi connectivity index (χ1v) is 9.82. The zero-order valence-corrected chi connectivity index (χ0v) is 16.1. The molecule has 0 aromatic carbocycles. The van der Waals surface area contributed by atoms with E-state index in [2.05, 4.69) is 14.7 Å². The molecule has 5 rings (SSSR count). The van der Waals surface area contributed by atoms with Crippen LogP contribution in [0.3, 0.4) is 0 Å². The zero-order chi connectivity index (χ0) is 19.5. The molecule has 7 heteroatoms. The van der Waals surface area contributed by atoms with Gasteiger partial charge in [-0.1, -0.05) is 5.16 Å². The highest BCUT2D eigenvalue weighted by Crippen LogP contribution is 2.43. The Hall–Kier alpha value is -2.67. The monoisotopic (exact) mass is 380 g/mol. The predicted octanol–water partition coefficient (Wildman–Crippen LogP) is 2.84. The van der Waals surface area contributed by atoms with Crippen molar-refractivity contribution in [2.45, 2.75) is 63.8 Å². The summed E-state index contributed by atoms with van der Waals surface area (Å²) in [5.41, 5.74) is 1.40. The van der Waals surface area contributed by atoms with Crippen LogP contribution < -0.4 is 0 Å². The highest BCUT2D eigenvalue weighted by molar-refractivity contribution is 5.96. The van der Waals surface area contributed by atoms with Crippen LogP contribution >= 0.6 is 0 Å². The van der Waals surface area contributed by atoms with Crippen molar-refractivity contribution in [3.63, 3.8) is 0 Å². The van der Waals surface area contributed by atoms with E-state index in [9.17, 15) is 9.90 Å². The van der Waals surface area contributed by atoms with Crippen molar-refractivity contribution in [3.05, 3.63) is 47.7 Å². The number of rotatable bonds is 3. The van der Waals surface area contributed by atoms with Gasteiger partial charge in [-0.15, -0.1) is 0 Å². The number of carbonyl (C=O) groups excluding carboxylic acids is 1. The Labute approximate surface area is 162 Å². The molecule has 0 unspecified atom stereocenters. The third kappa shape index (κ3) is 2.64. The first kappa shape index (κ1) is 17.4. The maximum absolute atomic E-state index is 13.2. The van der Waals surface area contributed by atoms with Gasteiger partial charge in [0.15, 0.2) is 0 Å². The average molecular weight is 380 g/mol. The van der Waals surface area contributed by atoms with E-state index in [0.717, 1.165) is 23.7 Å². The molecule has 146 valence electrons. The number of nitrogens with zero attached hydrogens (tertiary/aromatic N) is 4. The molecule has 2 bridgehead atoms. The van der Waals surface area contributed by atoms with Crippen LogP contribution in [0.5, 0.6) is 0 Å². The standard InChI is InChI=1S/C21H24N4O3/c1-13-19(14(2)28-23-13)20(26)25-16-3-4-17(25)10-21(27,9-16)12-24-8-6-15-5-7-22-11-18(15)24/h5-8,11,16-17,27H,3-4,9-10,12H2,1-2H3/t16-,17-/m0/s1. The van der Waals surface area contributed by atoms with Crippen LogP contribution in [0.4, 0.5) is 0 Å². The Balaban J connectivity index is 1.40. The summed E-state index contributed by atoms with van der Waals surface area (Å²) in [5, 5.41) is 16.5. The fraction of sp³-hybridized carbons (Fsp3) is 0.476. The number of amides is 1. The van der Waals surface area contributed by atoms with Gasteiger partial charge in [0.2, 0.25) is 0 Å². The van der Waals surface area contributed by atoms with Crippen molar-refractivity contribution in [1.82, 2.24) is 19.6 Å². The maximum Gasteiger partial charge on any atom is 0.259 e. The Morgan fingerprint density at radius 1 is 1.29 bits per heavy atom. The molecular weight excluding hydrogens is 356 g/mol. The van der Waals surface area contributed by atoms with Crippen molar-refractivity contribution in [3.8, 4) is 0 Å². The third-order valence-corrected chi connectivity index (χ3v) is 6.37. The second kappa shape index (κ2) is 6.17. The number of fused-ring (bicyclic) bond motifs is 3. The molecule has 2 atom stereocenters. The summed E-state index contributed by atoms with van der Waals surface area (Å²) in [6.45, 7) is 4.10. The summed E-state index contributed by atoms with van der Waals surface area (Å²) >= 11 is 0. The molecule has 5 heterocycles. The topological polar surface area (TPSA) is 84.4 Å². The molecule has 2 aliphatic rings. The van der Waals surface area contributed by atoms with Gasteiger partial charge < -0.3 is 19.1 Å². The van der Waals surface area contributed by atoms with Crippen LogP contribution in [0.2, 0.25) is 0 Å². The van der Waals surface area contributed by atoms with Gasteiger partial charge in [-0.25, -0.2) is 0 Å². The summed E-state index contributed by atoms with van der Waals surface area (Å²) in [7, 11) is 0. The van der Waals surface area contributed by atoms with E-state index in [1.165, 1.54) is 0 Å². The van der Waals surface area contributed by atoms with Gasteiger partial charge in [0, 0.05) is 29.9 Å². The first-order chi connectivity index (χ1) is 13.5. The third-order valence-electron chi connectivity index (χ3n) is 6.37. The number of aromatic nitrogens is 3. The molecule has 0 radical (unpaired) electrons. The second-order valence-electron chi connectivity index (χ2n) is 8.31. The lowest BCUT2D eigenvalue weighted by Crippen LogP contribution is -2.54. The lowest BCUT2D eigenvalue weighted by molar-refractivity contribution is -0.0533. The van der Waals surface area contributed by atoms with Gasteiger partial charge in [0.25, 0.3) is 5.91 Å². The number of aryl methyl sites for hydroxylation is 2. The first-order valence-electron chi connectivity index (χ1n) is 9.82. The van der Waals surface area contributed by atoms with Gasteiger partial charge in [-0.05, 0) is 51.7 Å². The van der Waals surface area contributed by atoms with Crippen molar-refractivity contribution in [2.24, 2.45) is 0 Å². The van der Waals surface area contributed by atoms with Crippen LogP contribution in [0.25, 0.3) is 10.9 Å². The minimum absolute atomic E-state index is 0.0126. The fourth-order valence-corrected chi connectivity index (χ4v) is 5.18. The molecule has 2 aliphatic heterocycles. The van der Waals surface area contributed by atoms with Gasteiger partial charge in [-0.2, -0.15) is 0 Å². The van der Waals surface area contributed by atoms with Gasteiger partial charge in [-0.3, -0.25) is 9.78 Å². The van der Waals surface area contributed by atoms with E-state index in [0.29, 0.717) is 36.4 Å². The molecular formula is C21H24N4O3. The van der Waals surface area contributed by atoms with E-state index in [1.807, 2.05) is 29.4 Å². The number of pyridine rings is 1. The number of hydrogen-bond acceptors (Lipinski definition) is 5. The van der Waals surface area contributed by atoms with Crippen LogP contribution in [-0.4, -0.2) is 48.3 Å². The minimum atomic E-state index is -0.830. The van der Waals surface area contributed by atoms with Crippen molar-refractivity contribution in [1.29, 1.82) is 0 Å². The van der Waals surface area contributed by atoms with E-state index < -0.39 is 5.60 Å².